The number of nitrogens with zero attached hydrogens (tertiary/aromatic N) is 1. The molecule has 0 aromatic rings. The van der Waals surface area contributed by atoms with Gasteiger partial charge >= 0.3 is 0 Å². The van der Waals surface area contributed by atoms with Gasteiger partial charge in [0, 0.05) is 0 Å². The van der Waals surface area contributed by atoms with E-state index in [0.717, 1.165) is 18.8 Å². The van der Waals surface area contributed by atoms with Crippen LogP contribution < -0.4 is 0 Å². The van der Waals surface area contributed by atoms with Crippen molar-refractivity contribution in [1.82, 2.24) is 5.39 Å². The SMILES string of the molecule is CC(C)CCCCCCON(O)O. The molecule has 0 fully saturated rings. The van der Waals surface area contributed by atoms with Gasteiger partial charge in [0.2, 0.25) is 0 Å². The van der Waals surface area contributed by atoms with E-state index in [4.69, 9.17) is 10.4 Å². The molecule has 0 aliphatic heterocycles. The molecule has 0 saturated heterocycles. The fourth-order valence-corrected chi connectivity index (χ4v) is 1.15. The number of unbranched alkanes of at least 4 members (excludes halogenated alkanes) is 3. The molecule has 13 heavy (non-hydrogen) atoms. The molecule has 0 bridgehead atoms. The van der Waals surface area contributed by atoms with Crippen LogP contribution in [-0.4, -0.2) is 22.4 Å². The van der Waals surface area contributed by atoms with Crippen molar-refractivity contribution in [2.24, 2.45) is 5.92 Å². The highest BCUT2D eigenvalue weighted by molar-refractivity contribution is 4.47. The minimum atomic E-state index is -0.228. The van der Waals surface area contributed by atoms with E-state index in [1.165, 1.54) is 19.3 Å². The van der Waals surface area contributed by atoms with Gasteiger partial charge in [-0.25, -0.2) is 0 Å². The van der Waals surface area contributed by atoms with Crippen molar-refractivity contribution < 1.29 is 15.3 Å². The summed E-state index contributed by atoms with van der Waals surface area (Å²) in [4.78, 5) is 4.41. The minimum Gasteiger partial charge on any atom is -0.266 e. The lowest BCUT2D eigenvalue weighted by molar-refractivity contribution is -0.492. The van der Waals surface area contributed by atoms with Gasteiger partial charge in [-0.15, -0.1) is 0 Å². The zero-order valence-corrected chi connectivity index (χ0v) is 8.57. The Morgan fingerprint density at radius 2 is 1.69 bits per heavy atom. The third kappa shape index (κ3) is 11.8. The summed E-state index contributed by atoms with van der Waals surface area (Å²) >= 11 is 0. The van der Waals surface area contributed by atoms with Crippen LogP contribution >= 0.6 is 0 Å². The Labute approximate surface area is 80.0 Å². The van der Waals surface area contributed by atoms with E-state index in [2.05, 4.69) is 18.7 Å². The second-order valence-corrected chi connectivity index (χ2v) is 3.68. The Hall–Kier alpha value is -0.160. The van der Waals surface area contributed by atoms with Crippen LogP contribution in [0.4, 0.5) is 0 Å². The van der Waals surface area contributed by atoms with Gasteiger partial charge in [0.1, 0.15) is 0 Å². The van der Waals surface area contributed by atoms with E-state index in [0.29, 0.717) is 6.61 Å². The quantitative estimate of drug-likeness (QED) is 0.457. The molecule has 0 atom stereocenters. The van der Waals surface area contributed by atoms with E-state index < -0.39 is 0 Å². The van der Waals surface area contributed by atoms with Crippen molar-refractivity contribution in [3.05, 3.63) is 0 Å². The monoisotopic (exact) mass is 191 g/mol. The molecule has 80 valence electrons. The molecule has 0 amide bonds. The smallest absolute Gasteiger partial charge is 0.0736 e. The van der Waals surface area contributed by atoms with Crippen LogP contribution in [0.3, 0.4) is 0 Å². The summed E-state index contributed by atoms with van der Waals surface area (Å²) < 4.78 is 0. The predicted molar refractivity (Wildman–Crippen MR) is 49.3 cm³/mol. The Kier molecular flexibility index (Phi) is 8.33. The highest BCUT2D eigenvalue weighted by Gasteiger charge is 1.96. The first-order chi connectivity index (χ1) is 6.13. The molecule has 0 radical (unpaired) electrons. The van der Waals surface area contributed by atoms with Gasteiger partial charge in [0.15, 0.2) is 0 Å². The molecule has 0 aromatic heterocycles. The van der Waals surface area contributed by atoms with Crippen molar-refractivity contribution in [3.8, 4) is 0 Å². The maximum absolute atomic E-state index is 8.19. The van der Waals surface area contributed by atoms with Gasteiger partial charge < -0.3 is 0 Å². The molecule has 4 heteroatoms. The highest BCUT2D eigenvalue weighted by atomic mass is 17.1. The van der Waals surface area contributed by atoms with Crippen LogP contribution in [0.15, 0.2) is 0 Å². The molecule has 0 unspecified atom stereocenters. The molecule has 0 aliphatic rings. The fraction of sp³-hybridized carbons (Fsp3) is 1.00. The summed E-state index contributed by atoms with van der Waals surface area (Å²) in [6.07, 6.45) is 5.67. The number of hydrogen-bond donors (Lipinski definition) is 2. The van der Waals surface area contributed by atoms with E-state index in [1.807, 2.05) is 0 Å². The maximum Gasteiger partial charge on any atom is 0.0736 e. The first-order valence-corrected chi connectivity index (χ1v) is 4.93. The molecule has 0 spiro atoms. The van der Waals surface area contributed by atoms with Crippen LogP contribution in [0, 0.1) is 5.92 Å². The van der Waals surface area contributed by atoms with Crippen LogP contribution in [0.1, 0.15) is 46.0 Å². The molecule has 0 rings (SSSR count). The van der Waals surface area contributed by atoms with Gasteiger partial charge in [-0.1, -0.05) is 39.5 Å². The van der Waals surface area contributed by atoms with Crippen molar-refractivity contribution in [2.75, 3.05) is 6.61 Å². The Bertz CT molecular complexity index is 95.0. The fourth-order valence-electron chi connectivity index (χ4n) is 1.15. The summed E-state index contributed by atoms with van der Waals surface area (Å²) in [6, 6.07) is 0. The van der Waals surface area contributed by atoms with Gasteiger partial charge in [-0.2, -0.15) is 0 Å². The molecule has 2 N–H and O–H groups in total. The Balaban J connectivity index is 2.92. The lowest BCUT2D eigenvalue weighted by Crippen LogP contribution is -2.14. The Morgan fingerprint density at radius 1 is 1.08 bits per heavy atom. The summed E-state index contributed by atoms with van der Waals surface area (Å²) in [5.41, 5.74) is 0. The first kappa shape index (κ1) is 12.8. The zero-order chi connectivity index (χ0) is 10.1. The molecular weight excluding hydrogens is 170 g/mol. The first-order valence-electron chi connectivity index (χ1n) is 4.93. The predicted octanol–water partition coefficient (Wildman–Crippen LogP) is 2.60. The van der Waals surface area contributed by atoms with Crippen molar-refractivity contribution in [3.63, 3.8) is 0 Å². The van der Waals surface area contributed by atoms with Crippen LogP contribution in [-0.2, 0) is 4.84 Å². The topological polar surface area (TPSA) is 52.9 Å². The lowest BCUT2D eigenvalue weighted by Gasteiger charge is -2.06. The summed E-state index contributed by atoms with van der Waals surface area (Å²) in [7, 11) is 0. The minimum absolute atomic E-state index is 0.228. The average Bonchev–Trinajstić information content (AvgIpc) is 2.01. The molecule has 0 saturated carbocycles. The van der Waals surface area contributed by atoms with Crippen molar-refractivity contribution >= 4 is 0 Å². The lowest BCUT2D eigenvalue weighted by atomic mass is 10.0. The molecule has 0 aromatic carbocycles. The largest absolute Gasteiger partial charge is 0.266 e. The summed E-state index contributed by atoms with van der Waals surface area (Å²) in [6.45, 7) is 4.81. The normalized spacial score (nSPS) is 11.5. The van der Waals surface area contributed by atoms with Crippen molar-refractivity contribution in [2.45, 2.75) is 46.0 Å². The number of rotatable bonds is 8. The van der Waals surface area contributed by atoms with Crippen LogP contribution in [0.25, 0.3) is 0 Å². The van der Waals surface area contributed by atoms with Crippen LogP contribution in [0.2, 0.25) is 0 Å². The highest BCUT2D eigenvalue weighted by Crippen LogP contribution is 2.09. The maximum atomic E-state index is 8.19. The van der Waals surface area contributed by atoms with Gasteiger partial charge in [-0.3, -0.25) is 15.3 Å². The van der Waals surface area contributed by atoms with Gasteiger partial charge in [-0.05, 0) is 12.3 Å². The third-order valence-electron chi connectivity index (χ3n) is 1.88. The second kappa shape index (κ2) is 8.44. The standard InChI is InChI=1S/C9H21NO3/c1-9(2)7-5-3-4-6-8-13-10(11)12/h9,11-12H,3-8H2,1-2H3. The van der Waals surface area contributed by atoms with E-state index >= 15 is 0 Å². The van der Waals surface area contributed by atoms with Gasteiger partial charge in [0.25, 0.3) is 0 Å². The Morgan fingerprint density at radius 3 is 2.23 bits per heavy atom. The zero-order valence-electron chi connectivity index (χ0n) is 8.57. The van der Waals surface area contributed by atoms with Crippen LogP contribution in [0.5, 0.6) is 0 Å². The van der Waals surface area contributed by atoms with E-state index in [1.54, 1.807) is 0 Å². The molecular formula is C9H21NO3. The molecule has 4 nitrogen and oxygen atoms in total. The average molecular weight is 191 g/mol. The third-order valence-corrected chi connectivity index (χ3v) is 1.88. The van der Waals surface area contributed by atoms with E-state index in [9.17, 15) is 0 Å². The number of hydrogen-bond acceptors (Lipinski definition) is 4. The van der Waals surface area contributed by atoms with Gasteiger partial charge in [0.05, 0.1) is 12.0 Å². The second-order valence-electron chi connectivity index (χ2n) is 3.68. The molecule has 0 heterocycles. The van der Waals surface area contributed by atoms with E-state index in [-0.39, 0.29) is 5.39 Å². The summed E-state index contributed by atoms with van der Waals surface area (Å²) in [5.74, 6) is 0.779. The van der Waals surface area contributed by atoms with Crippen molar-refractivity contribution in [1.29, 1.82) is 0 Å². The molecule has 0 aliphatic carbocycles. The summed E-state index contributed by atoms with van der Waals surface area (Å²) in [5, 5.41) is 16.2.